The normalized spacial score (nSPS) is 34.9. The fourth-order valence-electron chi connectivity index (χ4n) is 5.94. The number of thioether (sulfide) groups is 1. The monoisotopic (exact) mass is 496 g/mol. The molecule has 8 atom stereocenters. The predicted molar refractivity (Wildman–Crippen MR) is 127 cm³/mol. The molecule has 4 aliphatic rings. The minimum absolute atomic E-state index is 0.0205. The highest BCUT2D eigenvalue weighted by atomic mass is 32.2. The quantitative estimate of drug-likeness (QED) is 0.265. The molecule has 34 heavy (non-hydrogen) atoms. The number of aliphatic hydroxyl groups is 2. The van der Waals surface area contributed by atoms with E-state index in [0.29, 0.717) is 23.8 Å². The van der Waals surface area contributed by atoms with Crippen molar-refractivity contribution in [3.63, 3.8) is 0 Å². The third kappa shape index (κ3) is 4.60. The van der Waals surface area contributed by atoms with Gasteiger partial charge in [0, 0.05) is 41.7 Å². The van der Waals surface area contributed by atoms with E-state index < -0.39 is 24.1 Å². The van der Waals surface area contributed by atoms with Crippen LogP contribution in [0.25, 0.3) is 0 Å². The lowest BCUT2D eigenvalue weighted by atomic mass is 9.79. The Kier molecular flexibility index (Phi) is 7.58. The van der Waals surface area contributed by atoms with Crippen LogP contribution in [0.4, 0.5) is 0 Å². The Labute approximate surface area is 204 Å². The first kappa shape index (κ1) is 25.4. The van der Waals surface area contributed by atoms with Crippen molar-refractivity contribution in [1.29, 1.82) is 0 Å². The van der Waals surface area contributed by atoms with Crippen LogP contribution in [-0.4, -0.2) is 106 Å². The minimum Gasteiger partial charge on any atom is -0.477 e. The van der Waals surface area contributed by atoms with E-state index in [2.05, 4.69) is 10.6 Å². The molecule has 4 heterocycles. The van der Waals surface area contributed by atoms with E-state index in [4.69, 9.17) is 0 Å². The Bertz CT molecular complexity index is 866. The molecule has 0 aromatic heterocycles. The van der Waals surface area contributed by atoms with E-state index in [1.807, 2.05) is 18.9 Å². The van der Waals surface area contributed by atoms with Crippen LogP contribution >= 0.6 is 11.8 Å². The summed E-state index contributed by atoms with van der Waals surface area (Å²) in [5.41, 5.74) is 0.0220. The third-order valence-corrected chi connectivity index (χ3v) is 9.22. The number of aliphatic carboxylic acids is 1. The molecule has 190 valence electrons. The van der Waals surface area contributed by atoms with Gasteiger partial charge in [0.25, 0.3) is 0 Å². The number of nitrogens with zero attached hydrogens (tertiary/aromatic N) is 2. The third-order valence-electron chi connectivity index (χ3n) is 7.71. The van der Waals surface area contributed by atoms with Crippen molar-refractivity contribution >= 4 is 29.5 Å². The van der Waals surface area contributed by atoms with Crippen molar-refractivity contribution < 1.29 is 29.7 Å². The van der Waals surface area contributed by atoms with Gasteiger partial charge in [0.15, 0.2) is 0 Å². The predicted octanol–water partition coefficient (Wildman–Crippen LogP) is -0.577. The highest BCUT2D eigenvalue weighted by Crippen LogP contribution is 2.51. The van der Waals surface area contributed by atoms with Crippen LogP contribution in [0.2, 0.25) is 0 Å². The lowest BCUT2D eigenvalue weighted by molar-refractivity contribution is -0.163. The Balaban J connectivity index is 1.34. The van der Waals surface area contributed by atoms with Crippen molar-refractivity contribution in [1.82, 2.24) is 20.4 Å². The zero-order chi connectivity index (χ0) is 24.7. The molecule has 0 aliphatic carbocycles. The van der Waals surface area contributed by atoms with Crippen molar-refractivity contribution in [3.8, 4) is 0 Å². The molecule has 3 fully saturated rings. The fraction of sp³-hybridized carbons (Fsp3) is 0.783. The molecule has 0 saturated carbocycles. The first-order chi connectivity index (χ1) is 16.1. The highest BCUT2D eigenvalue weighted by molar-refractivity contribution is 8.03. The van der Waals surface area contributed by atoms with Gasteiger partial charge in [-0.1, -0.05) is 6.92 Å². The van der Waals surface area contributed by atoms with Gasteiger partial charge in [0.05, 0.1) is 30.6 Å². The zero-order valence-corrected chi connectivity index (χ0v) is 20.8. The summed E-state index contributed by atoms with van der Waals surface area (Å²) in [6, 6.07) is -0.576. The molecular formula is C23H36N4O6S. The van der Waals surface area contributed by atoms with E-state index in [9.17, 15) is 29.7 Å². The number of hydrogen-bond acceptors (Lipinski definition) is 8. The van der Waals surface area contributed by atoms with Crippen LogP contribution in [0.3, 0.4) is 0 Å². The van der Waals surface area contributed by atoms with Gasteiger partial charge in [0.1, 0.15) is 5.70 Å². The zero-order valence-electron chi connectivity index (χ0n) is 19.9. The SMILES string of the molecule is CNCC1CCN(C(=O)CC(O)C2CC(SC3=C(C(=O)O)N4C(=O)C(C(C)O)[C@@H]4C3C)CN2)C1. The first-order valence-electron chi connectivity index (χ1n) is 12.1. The molecule has 3 saturated heterocycles. The summed E-state index contributed by atoms with van der Waals surface area (Å²) >= 11 is 1.44. The molecule has 0 aromatic rings. The van der Waals surface area contributed by atoms with Crippen molar-refractivity contribution in [2.45, 2.75) is 62.7 Å². The number of likely N-dealkylation sites (tertiary alicyclic amines) is 1. The summed E-state index contributed by atoms with van der Waals surface area (Å²) in [6.45, 7) is 6.37. The minimum atomic E-state index is -1.13. The Morgan fingerprint density at radius 1 is 1.32 bits per heavy atom. The number of hydrogen-bond donors (Lipinski definition) is 5. The number of β-lactam (4-membered cyclic amide) rings is 1. The second kappa shape index (κ2) is 10.1. The molecule has 0 bridgehead atoms. The maximum absolute atomic E-state index is 12.7. The number of rotatable bonds is 9. The summed E-state index contributed by atoms with van der Waals surface area (Å²) in [4.78, 5) is 41.0. The topological polar surface area (TPSA) is 142 Å². The number of carbonyl (C=O) groups excluding carboxylic acids is 2. The molecule has 4 rings (SSSR count). The van der Waals surface area contributed by atoms with Crippen LogP contribution < -0.4 is 10.6 Å². The summed E-state index contributed by atoms with van der Waals surface area (Å²) in [5.74, 6) is -1.81. The number of carboxylic acid groups (broad SMARTS) is 1. The van der Waals surface area contributed by atoms with E-state index in [0.717, 1.165) is 26.1 Å². The summed E-state index contributed by atoms with van der Waals surface area (Å²) in [5, 5.41) is 37.0. The molecular weight excluding hydrogens is 460 g/mol. The van der Waals surface area contributed by atoms with Gasteiger partial charge >= 0.3 is 5.97 Å². The van der Waals surface area contributed by atoms with Crippen LogP contribution in [0.15, 0.2) is 10.6 Å². The molecule has 4 aliphatic heterocycles. The van der Waals surface area contributed by atoms with Crippen LogP contribution in [0, 0.1) is 17.8 Å². The molecule has 5 N–H and O–H groups in total. The lowest BCUT2D eigenvalue weighted by Gasteiger charge is -2.46. The largest absolute Gasteiger partial charge is 0.477 e. The standard InChI is InChI=1S/C23H36N4O6S/c1-11-19-18(12(2)28)22(31)27(19)20(23(32)33)21(11)34-14-6-15(25-9-14)16(29)7-17(30)26-5-4-13(10-26)8-24-3/h11-16,18-19,24-25,28-29H,4-10H2,1-3H3,(H,32,33)/t11?,12?,13?,14?,15?,16?,18?,19-/m0/s1. The van der Waals surface area contributed by atoms with Gasteiger partial charge in [-0.05, 0) is 39.3 Å². The number of aliphatic hydroxyl groups excluding tert-OH is 2. The molecule has 0 spiro atoms. The average molecular weight is 497 g/mol. The average Bonchev–Trinajstić information content (AvgIpc) is 3.47. The molecule has 11 heteroatoms. The summed E-state index contributed by atoms with van der Waals surface area (Å²) in [7, 11) is 1.90. The molecule has 0 aromatic carbocycles. The molecule has 7 unspecified atom stereocenters. The Hall–Kier alpha value is -1.66. The molecule has 0 radical (unpaired) electrons. The van der Waals surface area contributed by atoms with E-state index in [1.54, 1.807) is 6.92 Å². The van der Waals surface area contributed by atoms with Gasteiger partial charge in [-0.25, -0.2) is 4.79 Å². The van der Waals surface area contributed by atoms with Gasteiger partial charge in [0.2, 0.25) is 11.8 Å². The van der Waals surface area contributed by atoms with Crippen LogP contribution in [-0.2, 0) is 14.4 Å². The van der Waals surface area contributed by atoms with Crippen LogP contribution in [0.5, 0.6) is 0 Å². The Morgan fingerprint density at radius 2 is 2.06 bits per heavy atom. The van der Waals surface area contributed by atoms with Gasteiger partial charge < -0.3 is 35.8 Å². The maximum Gasteiger partial charge on any atom is 0.353 e. The maximum atomic E-state index is 12.7. The Morgan fingerprint density at radius 3 is 2.71 bits per heavy atom. The van der Waals surface area contributed by atoms with E-state index in [-0.39, 0.29) is 47.2 Å². The second-order valence-corrected chi connectivity index (χ2v) is 11.4. The number of carboxylic acids is 1. The summed E-state index contributed by atoms with van der Waals surface area (Å²) < 4.78 is 0. The highest BCUT2D eigenvalue weighted by Gasteiger charge is 2.60. The smallest absolute Gasteiger partial charge is 0.353 e. The first-order valence-corrected chi connectivity index (χ1v) is 13.0. The number of fused-ring (bicyclic) bond motifs is 1. The summed E-state index contributed by atoms with van der Waals surface area (Å²) in [6.07, 6.45) is 0.00429. The van der Waals surface area contributed by atoms with Gasteiger partial charge in [-0.3, -0.25) is 9.59 Å². The molecule has 2 amide bonds. The second-order valence-electron chi connectivity index (χ2n) is 10.1. The number of amides is 2. The van der Waals surface area contributed by atoms with Gasteiger partial charge in [-0.2, -0.15) is 0 Å². The number of nitrogens with one attached hydrogen (secondary N) is 2. The van der Waals surface area contributed by atoms with Crippen LogP contribution in [0.1, 0.15) is 33.1 Å². The van der Waals surface area contributed by atoms with E-state index in [1.165, 1.54) is 16.7 Å². The molecule has 10 nitrogen and oxygen atoms in total. The van der Waals surface area contributed by atoms with Crippen molar-refractivity contribution in [3.05, 3.63) is 10.6 Å². The van der Waals surface area contributed by atoms with Gasteiger partial charge in [-0.15, -0.1) is 11.8 Å². The van der Waals surface area contributed by atoms with E-state index >= 15 is 0 Å². The van der Waals surface area contributed by atoms with Crippen molar-refractivity contribution in [2.75, 3.05) is 33.2 Å². The number of carbonyl (C=O) groups is 3. The van der Waals surface area contributed by atoms with Crippen molar-refractivity contribution in [2.24, 2.45) is 17.8 Å². The fourth-order valence-corrected chi connectivity index (χ4v) is 7.43. The lowest BCUT2D eigenvalue weighted by Crippen LogP contribution is -2.63.